The van der Waals surface area contributed by atoms with E-state index in [0.717, 1.165) is 30.2 Å². The third-order valence-electron chi connectivity index (χ3n) is 3.72. The van der Waals surface area contributed by atoms with Gasteiger partial charge in [0.2, 0.25) is 0 Å². The molecule has 21 heavy (non-hydrogen) atoms. The van der Waals surface area contributed by atoms with E-state index in [-0.39, 0.29) is 0 Å². The number of halogens is 1. The van der Waals surface area contributed by atoms with Crippen LogP contribution < -0.4 is 0 Å². The van der Waals surface area contributed by atoms with Gasteiger partial charge in [-0.15, -0.1) is 0 Å². The minimum atomic E-state index is -2.94. The molecule has 0 unspecified atom stereocenters. The molecule has 0 radical (unpaired) electrons. The second kappa shape index (κ2) is 8.33. The first kappa shape index (κ1) is 18.7. The quantitative estimate of drug-likeness (QED) is 0.589. The smallest absolute Gasteiger partial charge is 0.155 e. The van der Waals surface area contributed by atoms with Crippen molar-refractivity contribution in [2.45, 2.75) is 64.0 Å². The van der Waals surface area contributed by atoms with Crippen LogP contribution in [0.5, 0.6) is 0 Å². The van der Waals surface area contributed by atoms with E-state index < -0.39 is 14.6 Å². The van der Waals surface area contributed by atoms with E-state index >= 15 is 0 Å². The number of hydrogen-bond donors (Lipinski definition) is 0. The Kier molecular flexibility index (Phi) is 7.41. The highest BCUT2D eigenvalue weighted by atomic mass is 79.9. The lowest BCUT2D eigenvalue weighted by atomic mass is 10.1. The van der Waals surface area contributed by atoms with Crippen molar-refractivity contribution in [2.24, 2.45) is 0 Å². The zero-order valence-electron chi connectivity index (χ0n) is 13.4. The molecular weight excluding hydrogens is 348 g/mol. The lowest BCUT2D eigenvalue weighted by molar-refractivity contribution is 0.552. The van der Waals surface area contributed by atoms with Gasteiger partial charge in [0.25, 0.3) is 0 Å². The summed E-state index contributed by atoms with van der Waals surface area (Å²) in [5, 5.41) is 0. The van der Waals surface area contributed by atoms with Gasteiger partial charge in [-0.1, -0.05) is 47.3 Å². The van der Waals surface area contributed by atoms with Gasteiger partial charge in [0.05, 0.1) is 10.5 Å². The van der Waals surface area contributed by atoms with Gasteiger partial charge in [-0.25, -0.2) is 8.42 Å². The Labute approximate surface area is 138 Å². The van der Waals surface area contributed by atoms with E-state index in [2.05, 4.69) is 40.2 Å². The van der Waals surface area contributed by atoms with Crippen LogP contribution in [0.3, 0.4) is 0 Å². The predicted molar refractivity (Wildman–Crippen MR) is 94.5 cm³/mol. The molecule has 0 atom stereocenters. The van der Waals surface area contributed by atoms with Gasteiger partial charge in [0.1, 0.15) is 0 Å². The van der Waals surface area contributed by atoms with Crippen LogP contribution in [-0.2, 0) is 16.3 Å². The molecule has 0 saturated carbocycles. The molecule has 0 aliphatic heterocycles. The predicted octanol–water partition coefficient (Wildman–Crippen LogP) is 5.16. The van der Waals surface area contributed by atoms with Gasteiger partial charge in [0.15, 0.2) is 9.84 Å². The van der Waals surface area contributed by atoms with Crippen molar-refractivity contribution in [1.82, 2.24) is 0 Å². The molecular formula is C17H27BrO2S. The molecule has 0 aromatic heterocycles. The van der Waals surface area contributed by atoms with Crippen LogP contribution >= 0.6 is 15.9 Å². The summed E-state index contributed by atoms with van der Waals surface area (Å²) in [5.74, 6) is 0.323. The highest BCUT2D eigenvalue weighted by Gasteiger charge is 2.27. The maximum atomic E-state index is 11.9. The van der Waals surface area contributed by atoms with Crippen LogP contribution in [0.15, 0.2) is 28.7 Å². The van der Waals surface area contributed by atoms with E-state index in [4.69, 9.17) is 0 Å². The fourth-order valence-electron chi connectivity index (χ4n) is 2.11. The Balaban J connectivity index is 2.12. The Morgan fingerprint density at radius 1 is 0.905 bits per heavy atom. The van der Waals surface area contributed by atoms with Crippen LogP contribution in [0, 0.1) is 0 Å². The summed E-state index contributed by atoms with van der Waals surface area (Å²) in [6, 6.07) is 8.46. The molecule has 1 aromatic rings. The highest BCUT2D eigenvalue weighted by molar-refractivity contribution is 9.10. The molecule has 0 aliphatic carbocycles. The Morgan fingerprint density at radius 2 is 1.43 bits per heavy atom. The number of benzene rings is 1. The Bertz CT molecular complexity index is 513. The van der Waals surface area contributed by atoms with Crippen LogP contribution in [0.4, 0.5) is 0 Å². The molecule has 0 aliphatic rings. The number of rotatable bonds is 8. The summed E-state index contributed by atoms with van der Waals surface area (Å²) in [6.07, 6.45) is 6.37. The largest absolute Gasteiger partial charge is 0.228 e. The summed E-state index contributed by atoms with van der Waals surface area (Å²) in [7, 11) is -2.94. The average Bonchev–Trinajstić information content (AvgIpc) is 2.38. The topological polar surface area (TPSA) is 34.1 Å². The molecule has 120 valence electrons. The molecule has 1 rings (SSSR count). The summed E-state index contributed by atoms with van der Waals surface area (Å²) >= 11 is 3.44. The fraction of sp³-hybridized carbons (Fsp3) is 0.647. The summed E-state index contributed by atoms with van der Waals surface area (Å²) in [6.45, 7) is 5.33. The standard InChI is InChI=1S/C17H27BrO2S/c1-17(2,3)21(19,20)14-8-6-4-5-7-9-15-10-12-16(18)13-11-15/h10-13H,4-9,14H2,1-3H3. The lowest BCUT2D eigenvalue weighted by Gasteiger charge is -2.18. The first-order valence-electron chi connectivity index (χ1n) is 7.69. The molecule has 2 nitrogen and oxygen atoms in total. The van der Waals surface area contributed by atoms with Crippen molar-refractivity contribution in [2.75, 3.05) is 5.75 Å². The average molecular weight is 375 g/mol. The molecule has 0 heterocycles. The van der Waals surface area contributed by atoms with Gasteiger partial charge in [0, 0.05) is 4.47 Å². The van der Waals surface area contributed by atoms with E-state index in [9.17, 15) is 8.42 Å². The minimum absolute atomic E-state index is 0.323. The summed E-state index contributed by atoms with van der Waals surface area (Å²) < 4.78 is 24.4. The fourth-order valence-corrected chi connectivity index (χ4v) is 3.57. The van der Waals surface area contributed by atoms with E-state index in [1.807, 2.05) is 0 Å². The van der Waals surface area contributed by atoms with Crippen molar-refractivity contribution in [1.29, 1.82) is 0 Å². The number of sulfone groups is 1. The van der Waals surface area contributed by atoms with Gasteiger partial charge >= 0.3 is 0 Å². The zero-order valence-corrected chi connectivity index (χ0v) is 15.8. The molecule has 0 bridgehead atoms. The van der Waals surface area contributed by atoms with Crippen molar-refractivity contribution in [3.05, 3.63) is 34.3 Å². The van der Waals surface area contributed by atoms with Gasteiger partial charge in [-0.2, -0.15) is 0 Å². The van der Waals surface area contributed by atoms with Crippen molar-refractivity contribution in [3.63, 3.8) is 0 Å². The van der Waals surface area contributed by atoms with E-state index in [1.165, 1.54) is 18.4 Å². The van der Waals surface area contributed by atoms with Gasteiger partial charge < -0.3 is 0 Å². The lowest BCUT2D eigenvalue weighted by Crippen LogP contribution is -2.30. The molecule has 0 spiro atoms. The Morgan fingerprint density at radius 3 is 2.00 bits per heavy atom. The molecule has 0 N–H and O–H groups in total. The molecule has 0 saturated heterocycles. The van der Waals surface area contributed by atoms with Gasteiger partial charge in [-0.05, 0) is 57.7 Å². The maximum Gasteiger partial charge on any atom is 0.155 e. The van der Waals surface area contributed by atoms with Crippen molar-refractivity contribution < 1.29 is 8.42 Å². The first-order valence-corrected chi connectivity index (χ1v) is 10.1. The number of aryl methyl sites for hydroxylation is 1. The third-order valence-corrected chi connectivity index (χ3v) is 6.95. The normalized spacial score (nSPS) is 12.6. The third kappa shape index (κ3) is 6.96. The Hall–Kier alpha value is -0.350. The van der Waals surface area contributed by atoms with Crippen molar-refractivity contribution in [3.8, 4) is 0 Å². The molecule has 4 heteroatoms. The zero-order chi connectivity index (χ0) is 15.9. The minimum Gasteiger partial charge on any atom is -0.228 e. The van der Waals surface area contributed by atoms with Crippen LogP contribution in [0.25, 0.3) is 0 Å². The second-order valence-corrected chi connectivity index (χ2v) is 10.4. The monoisotopic (exact) mass is 374 g/mol. The number of unbranched alkanes of at least 4 members (excludes halogenated alkanes) is 4. The summed E-state index contributed by atoms with van der Waals surface area (Å²) in [5.41, 5.74) is 1.37. The summed E-state index contributed by atoms with van der Waals surface area (Å²) in [4.78, 5) is 0. The molecule has 0 amide bonds. The van der Waals surface area contributed by atoms with Gasteiger partial charge in [-0.3, -0.25) is 0 Å². The number of hydrogen-bond acceptors (Lipinski definition) is 2. The first-order chi connectivity index (χ1) is 9.72. The van der Waals surface area contributed by atoms with E-state index in [1.54, 1.807) is 20.8 Å². The maximum absolute atomic E-state index is 11.9. The SMILES string of the molecule is CC(C)(C)S(=O)(=O)CCCCCCCc1ccc(Br)cc1. The van der Waals surface area contributed by atoms with Crippen LogP contribution in [-0.4, -0.2) is 18.9 Å². The van der Waals surface area contributed by atoms with E-state index in [0.29, 0.717) is 5.75 Å². The second-order valence-electron chi connectivity index (χ2n) is 6.58. The molecule has 1 aromatic carbocycles. The van der Waals surface area contributed by atoms with Crippen molar-refractivity contribution >= 4 is 25.8 Å². The highest BCUT2D eigenvalue weighted by Crippen LogP contribution is 2.18. The van der Waals surface area contributed by atoms with Crippen LogP contribution in [0.2, 0.25) is 0 Å². The molecule has 0 fully saturated rings. The van der Waals surface area contributed by atoms with Crippen LogP contribution in [0.1, 0.15) is 58.4 Å².